The van der Waals surface area contributed by atoms with Gasteiger partial charge in [0.25, 0.3) is 0 Å². The molecule has 2 aromatic rings. The van der Waals surface area contributed by atoms with E-state index < -0.39 is 0 Å². The average molecular weight is 243 g/mol. The van der Waals surface area contributed by atoms with E-state index in [4.69, 9.17) is 10.8 Å². The number of fused-ring (bicyclic) bond motifs is 2. The first-order valence-electron chi connectivity index (χ1n) is 5.95. The van der Waals surface area contributed by atoms with Crippen LogP contribution in [0.3, 0.4) is 0 Å². The minimum atomic E-state index is 0.588. The third-order valence-corrected chi connectivity index (χ3v) is 3.67. The van der Waals surface area contributed by atoms with Crippen LogP contribution in [0, 0.1) is 0 Å². The summed E-state index contributed by atoms with van der Waals surface area (Å²) < 4.78 is 0. The summed E-state index contributed by atoms with van der Waals surface area (Å²) in [5.74, 6) is 5.47. The van der Waals surface area contributed by atoms with E-state index in [-0.39, 0.29) is 0 Å². The molecule has 2 atom stereocenters. The highest BCUT2D eigenvalue weighted by Crippen LogP contribution is 2.36. The summed E-state index contributed by atoms with van der Waals surface area (Å²) in [5.41, 5.74) is 3.70. The van der Waals surface area contributed by atoms with Crippen molar-refractivity contribution in [1.82, 2.24) is 9.88 Å². The Hall–Kier alpha value is -1.82. The van der Waals surface area contributed by atoms with Gasteiger partial charge in [0, 0.05) is 47.9 Å². The topological polar surface area (TPSA) is 63.3 Å². The third-order valence-electron chi connectivity index (χ3n) is 3.67. The SMILES string of the molecule is NOOc1ccc2c(C3=CC4CN4C3)c[nH]c2c1. The van der Waals surface area contributed by atoms with E-state index in [0.29, 0.717) is 11.8 Å². The van der Waals surface area contributed by atoms with Crippen molar-refractivity contribution in [2.45, 2.75) is 6.04 Å². The largest absolute Gasteiger partial charge is 0.360 e. The van der Waals surface area contributed by atoms with E-state index in [0.717, 1.165) is 12.1 Å². The van der Waals surface area contributed by atoms with Crippen LogP contribution in [0.1, 0.15) is 5.56 Å². The number of nitrogens with two attached hydrogens (primary N) is 1. The van der Waals surface area contributed by atoms with Crippen molar-refractivity contribution in [3.8, 4) is 5.75 Å². The van der Waals surface area contributed by atoms with Crippen molar-refractivity contribution in [2.75, 3.05) is 13.1 Å². The molecular weight excluding hydrogens is 230 g/mol. The molecule has 1 fully saturated rings. The Morgan fingerprint density at radius 1 is 1.39 bits per heavy atom. The van der Waals surface area contributed by atoms with Crippen molar-refractivity contribution in [3.05, 3.63) is 36.0 Å². The number of hydrogen-bond acceptors (Lipinski definition) is 4. The first-order chi connectivity index (χ1) is 8.85. The zero-order valence-corrected chi connectivity index (χ0v) is 9.72. The molecule has 2 aliphatic heterocycles. The maximum absolute atomic E-state index is 4.88. The Morgan fingerprint density at radius 3 is 3.11 bits per heavy atom. The third kappa shape index (κ3) is 1.45. The fraction of sp³-hybridized carbons (Fsp3) is 0.231. The van der Waals surface area contributed by atoms with Crippen molar-refractivity contribution in [1.29, 1.82) is 0 Å². The molecule has 0 saturated carbocycles. The van der Waals surface area contributed by atoms with Gasteiger partial charge in [-0.25, -0.2) is 0 Å². The summed E-state index contributed by atoms with van der Waals surface area (Å²) in [6, 6.07) is 6.43. The van der Waals surface area contributed by atoms with E-state index in [2.05, 4.69) is 27.1 Å². The van der Waals surface area contributed by atoms with Crippen molar-refractivity contribution in [2.24, 2.45) is 5.90 Å². The molecule has 2 aliphatic rings. The summed E-state index contributed by atoms with van der Waals surface area (Å²) in [5, 5.41) is 1.20. The molecule has 5 nitrogen and oxygen atoms in total. The zero-order valence-electron chi connectivity index (χ0n) is 9.72. The molecule has 3 heterocycles. The lowest BCUT2D eigenvalue weighted by Gasteiger charge is -2.03. The highest BCUT2D eigenvalue weighted by Gasteiger charge is 2.38. The minimum absolute atomic E-state index is 0.588. The second-order valence-corrected chi connectivity index (χ2v) is 4.78. The van der Waals surface area contributed by atoms with Gasteiger partial charge in [0.15, 0.2) is 5.75 Å². The molecule has 0 aliphatic carbocycles. The number of aromatic amines is 1. The number of benzene rings is 1. The summed E-state index contributed by atoms with van der Waals surface area (Å²) in [6.07, 6.45) is 4.41. The second kappa shape index (κ2) is 3.58. The highest BCUT2D eigenvalue weighted by atomic mass is 17.3. The molecule has 0 amide bonds. The standard InChI is InChI=1S/C13H13N3O2/c14-18-17-10-1-2-11-12(5-15-13(11)4-10)8-3-9-7-16(9)6-8/h1-5,9,15H,6-7,14H2. The van der Waals surface area contributed by atoms with Crippen LogP contribution in [-0.4, -0.2) is 29.0 Å². The Bertz CT molecular complexity index is 647. The van der Waals surface area contributed by atoms with Gasteiger partial charge >= 0.3 is 0 Å². The number of nitrogens with zero attached hydrogens (tertiary/aromatic N) is 1. The van der Waals surface area contributed by atoms with Gasteiger partial charge in [0.1, 0.15) is 0 Å². The van der Waals surface area contributed by atoms with Gasteiger partial charge in [-0.3, -0.25) is 4.90 Å². The van der Waals surface area contributed by atoms with Crippen LogP contribution >= 0.6 is 0 Å². The predicted octanol–water partition coefficient (Wildman–Crippen LogP) is 1.43. The lowest BCUT2D eigenvalue weighted by molar-refractivity contribution is -0.211. The molecule has 18 heavy (non-hydrogen) atoms. The minimum Gasteiger partial charge on any atom is -0.360 e. The molecule has 1 aromatic carbocycles. The maximum Gasteiger partial charge on any atom is 0.169 e. The number of aromatic nitrogens is 1. The summed E-state index contributed by atoms with van der Waals surface area (Å²) in [7, 11) is 0. The fourth-order valence-electron chi connectivity index (χ4n) is 2.69. The van der Waals surface area contributed by atoms with E-state index >= 15 is 0 Å². The van der Waals surface area contributed by atoms with Gasteiger partial charge < -0.3 is 9.87 Å². The predicted molar refractivity (Wildman–Crippen MR) is 67.5 cm³/mol. The molecule has 3 N–H and O–H groups in total. The van der Waals surface area contributed by atoms with Crippen LogP contribution in [0.5, 0.6) is 5.75 Å². The molecule has 0 radical (unpaired) electrons. The summed E-state index contributed by atoms with van der Waals surface area (Å²) >= 11 is 0. The Morgan fingerprint density at radius 2 is 2.33 bits per heavy atom. The molecule has 5 heteroatoms. The van der Waals surface area contributed by atoms with Crippen LogP contribution in [0.4, 0.5) is 0 Å². The lowest BCUT2D eigenvalue weighted by atomic mass is 10.0. The van der Waals surface area contributed by atoms with E-state index in [1.165, 1.54) is 23.1 Å². The number of hydrogen-bond donors (Lipinski definition) is 2. The van der Waals surface area contributed by atoms with Crippen LogP contribution < -0.4 is 10.8 Å². The van der Waals surface area contributed by atoms with Crippen molar-refractivity contribution < 1.29 is 9.88 Å². The van der Waals surface area contributed by atoms with E-state index in [1.807, 2.05) is 18.2 Å². The second-order valence-electron chi connectivity index (χ2n) is 4.78. The Kier molecular flexibility index (Phi) is 2.02. The molecule has 92 valence electrons. The van der Waals surface area contributed by atoms with Gasteiger partial charge in [0.05, 0.1) is 0 Å². The van der Waals surface area contributed by atoms with Crippen LogP contribution in [0.2, 0.25) is 0 Å². The molecule has 0 bridgehead atoms. The molecule has 2 unspecified atom stereocenters. The van der Waals surface area contributed by atoms with Gasteiger partial charge in [-0.1, -0.05) is 11.1 Å². The first kappa shape index (κ1) is 10.1. The van der Waals surface area contributed by atoms with Crippen molar-refractivity contribution in [3.63, 3.8) is 0 Å². The first-order valence-corrected chi connectivity index (χ1v) is 5.95. The number of rotatable bonds is 3. The average Bonchev–Trinajstić information content (AvgIpc) is 2.84. The molecule has 1 saturated heterocycles. The zero-order chi connectivity index (χ0) is 12.1. The van der Waals surface area contributed by atoms with Gasteiger partial charge in [-0.15, -0.1) is 0 Å². The lowest BCUT2D eigenvalue weighted by Crippen LogP contribution is -2.02. The quantitative estimate of drug-likeness (QED) is 0.486. The smallest absolute Gasteiger partial charge is 0.169 e. The Labute approximate surface area is 104 Å². The molecule has 4 rings (SSSR count). The van der Waals surface area contributed by atoms with Gasteiger partial charge in [-0.05, 0) is 17.7 Å². The van der Waals surface area contributed by atoms with Crippen molar-refractivity contribution >= 4 is 16.5 Å². The van der Waals surface area contributed by atoms with E-state index in [9.17, 15) is 0 Å². The van der Waals surface area contributed by atoms with Gasteiger partial charge in [0.2, 0.25) is 0 Å². The normalized spacial score (nSPS) is 25.1. The molecular formula is C13H13N3O2. The van der Waals surface area contributed by atoms with Crippen LogP contribution in [-0.2, 0) is 4.99 Å². The molecule has 1 aromatic heterocycles. The van der Waals surface area contributed by atoms with Crippen LogP contribution in [0.25, 0.3) is 16.5 Å². The Balaban J connectivity index is 1.76. The van der Waals surface area contributed by atoms with E-state index in [1.54, 1.807) is 0 Å². The maximum atomic E-state index is 4.88. The number of nitrogens with one attached hydrogen (secondary N) is 1. The number of H-pyrrole nitrogens is 1. The highest BCUT2D eigenvalue weighted by molar-refractivity contribution is 5.94. The fourth-order valence-corrected chi connectivity index (χ4v) is 2.69. The van der Waals surface area contributed by atoms with Crippen LogP contribution in [0.15, 0.2) is 30.5 Å². The van der Waals surface area contributed by atoms with Gasteiger partial charge in [-0.2, -0.15) is 5.90 Å². The molecule has 0 spiro atoms. The summed E-state index contributed by atoms with van der Waals surface area (Å²) in [4.78, 5) is 14.7. The summed E-state index contributed by atoms with van der Waals surface area (Å²) in [6.45, 7) is 2.28. The monoisotopic (exact) mass is 243 g/mol.